The van der Waals surface area contributed by atoms with E-state index in [0.29, 0.717) is 17.8 Å². The summed E-state index contributed by atoms with van der Waals surface area (Å²) in [5, 5.41) is 4.50. The van der Waals surface area contributed by atoms with Gasteiger partial charge in [-0.3, -0.25) is 14.9 Å². The van der Waals surface area contributed by atoms with E-state index >= 15 is 0 Å². The summed E-state index contributed by atoms with van der Waals surface area (Å²) in [6.45, 7) is 4.53. The van der Waals surface area contributed by atoms with Crippen molar-refractivity contribution in [3.05, 3.63) is 70.9 Å². The molecule has 1 aliphatic rings. The number of halogens is 1. The van der Waals surface area contributed by atoms with Crippen LogP contribution in [0, 0.1) is 12.7 Å². The molecule has 1 saturated heterocycles. The summed E-state index contributed by atoms with van der Waals surface area (Å²) < 4.78 is 13.9. The fourth-order valence-corrected chi connectivity index (χ4v) is 4.69. The van der Waals surface area contributed by atoms with Crippen molar-refractivity contribution in [1.29, 1.82) is 0 Å². The van der Waals surface area contributed by atoms with Gasteiger partial charge >= 0.3 is 11.8 Å². The van der Waals surface area contributed by atoms with Crippen LogP contribution in [0.1, 0.15) is 30.4 Å². The fourth-order valence-electron chi connectivity index (χ4n) is 3.99. The first-order valence-corrected chi connectivity index (χ1v) is 10.7. The molecule has 2 atom stereocenters. The van der Waals surface area contributed by atoms with Gasteiger partial charge in [0.05, 0.1) is 5.69 Å². The maximum absolute atomic E-state index is 13.9. The van der Waals surface area contributed by atoms with Gasteiger partial charge in [0, 0.05) is 29.4 Å². The highest BCUT2D eigenvalue weighted by atomic mass is 32.1. The molecule has 2 amide bonds. The minimum Gasteiger partial charge on any atom is -0.331 e. The van der Waals surface area contributed by atoms with Gasteiger partial charge in [0.15, 0.2) is 5.13 Å². The molecule has 30 heavy (non-hydrogen) atoms. The van der Waals surface area contributed by atoms with Gasteiger partial charge in [-0.15, -0.1) is 11.3 Å². The average Bonchev–Trinajstić information content (AvgIpc) is 3.34. The second-order valence-electron chi connectivity index (χ2n) is 7.57. The van der Waals surface area contributed by atoms with Gasteiger partial charge in [0.2, 0.25) is 0 Å². The molecule has 4 rings (SSSR count). The summed E-state index contributed by atoms with van der Waals surface area (Å²) in [4.78, 5) is 31.2. The smallest absolute Gasteiger partial charge is 0.315 e. The predicted molar refractivity (Wildman–Crippen MR) is 116 cm³/mol. The molecule has 1 fully saturated rings. The van der Waals surface area contributed by atoms with Gasteiger partial charge in [-0.25, -0.2) is 9.37 Å². The van der Waals surface area contributed by atoms with E-state index in [9.17, 15) is 14.0 Å². The lowest BCUT2D eigenvalue weighted by atomic mass is 9.93. The number of carbonyl (C=O) groups excluding carboxylic acids is 2. The molecule has 0 aliphatic carbocycles. The van der Waals surface area contributed by atoms with Crippen LogP contribution in [0.4, 0.5) is 9.52 Å². The van der Waals surface area contributed by atoms with E-state index < -0.39 is 11.8 Å². The van der Waals surface area contributed by atoms with Gasteiger partial charge in [-0.2, -0.15) is 0 Å². The summed E-state index contributed by atoms with van der Waals surface area (Å²) in [6, 6.07) is 14.4. The molecule has 0 bridgehead atoms. The first kappa shape index (κ1) is 20.2. The van der Waals surface area contributed by atoms with E-state index in [4.69, 9.17) is 0 Å². The number of thiazole rings is 1. The van der Waals surface area contributed by atoms with Crippen molar-refractivity contribution in [2.45, 2.75) is 32.2 Å². The van der Waals surface area contributed by atoms with Gasteiger partial charge in [0.1, 0.15) is 5.82 Å². The van der Waals surface area contributed by atoms with Crippen molar-refractivity contribution in [1.82, 2.24) is 9.88 Å². The molecule has 0 spiro atoms. The lowest BCUT2D eigenvalue weighted by Gasteiger charge is -2.20. The zero-order valence-corrected chi connectivity index (χ0v) is 17.6. The number of hydrogen-bond donors (Lipinski definition) is 1. The first-order valence-electron chi connectivity index (χ1n) is 9.82. The number of likely N-dealkylation sites (tertiary alicyclic amines) is 1. The van der Waals surface area contributed by atoms with Crippen LogP contribution in [-0.4, -0.2) is 34.3 Å². The fraction of sp³-hybridized carbons (Fsp3) is 0.261. The minimum absolute atomic E-state index is 0.0295. The van der Waals surface area contributed by atoms with Crippen LogP contribution in [0.5, 0.6) is 0 Å². The molecule has 0 saturated carbocycles. The van der Waals surface area contributed by atoms with Gasteiger partial charge in [-0.1, -0.05) is 36.4 Å². The molecule has 1 aliphatic heterocycles. The van der Waals surface area contributed by atoms with Crippen molar-refractivity contribution in [2.75, 3.05) is 11.9 Å². The van der Waals surface area contributed by atoms with Crippen molar-refractivity contribution >= 4 is 28.3 Å². The maximum atomic E-state index is 13.9. The molecule has 5 nitrogen and oxygen atoms in total. The number of hydrogen-bond acceptors (Lipinski definition) is 4. The first-order chi connectivity index (χ1) is 14.4. The Bertz CT molecular complexity index is 1100. The zero-order chi connectivity index (χ0) is 21.3. The van der Waals surface area contributed by atoms with E-state index in [0.717, 1.165) is 17.8 Å². The second kappa shape index (κ2) is 8.36. The van der Waals surface area contributed by atoms with Crippen LogP contribution < -0.4 is 5.32 Å². The van der Waals surface area contributed by atoms with Crippen LogP contribution >= 0.6 is 11.3 Å². The second-order valence-corrected chi connectivity index (χ2v) is 8.43. The lowest BCUT2D eigenvalue weighted by molar-refractivity contribution is -0.143. The Morgan fingerprint density at radius 1 is 1.17 bits per heavy atom. The average molecular weight is 424 g/mol. The third kappa shape index (κ3) is 3.98. The number of aryl methyl sites for hydroxylation is 1. The topological polar surface area (TPSA) is 62.3 Å². The standard InChI is InChI=1S/C23H22FN3O2S/c1-14-7-3-4-8-17(14)16-11-15(2)27(12-16)22(29)21(28)26-23-25-20(13-30-23)18-9-5-6-10-19(18)24/h3-10,13,15-16H,11-12H2,1-2H3,(H,25,26,28)/t15-,16-/m1/s1. The summed E-state index contributed by atoms with van der Waals surface area (Å²) in [6.07, 6.45) is 0.818. The van der Waals surface area contributed by atoms with E-state index in [1.165, 1.54) is 17.2 Å². The number of nitrogens with zero attached hydrogens (tertiary/aromatic N) is 2. The Morgan fingerprint density at radius 3 is 2.67 bits per heavy atom. The highest BCUT2D eigenvalue weighted by Gasteiger charge is 2.36. The van der Waals surface area contributed by atoms with Crippen LogP contribution in [0.25, 0.3) is 11.3 Å². The summed E-state index contributed by atoms with van der Waals surface area (Å²) in [7, 11) is 0. The minimum atomic E-state index is -0.721. The molecular formula is C23H22FN3O2S. The number of rotatable bonds is 3. The Labute approximate surface area is 178 Å². The highest BCUT2D eigenvalue weighted by molar-refractivity contribution is 7.14. The third-order valence-electron chi connectivity index (χ3n) is 5.53. The molecule has 3 aromatic rings. The Kier molecular flexibility index (Phi) is 5.63. The maximum Gasteiger partial charge on any atom is 0.315 e. The molecule has 0 radical (unpaired) electrons. The van der Waals surface area contributed by atoms with E-state index in [2.05, 4.69) is 29.4 Å². The third-order valence-corrected chi connectivity index (χ3v) is 6.29. The number of carbonyl (C=O) groups is 2. The van der Waals surface area contributed by atoms with Crippen LogP contribution in [-0.2, 0) is 9.59 Å². The van der Waals surface area contributed by atoms with Crippen LogP contribution in [0.3, 0.4) is 0 Å². The molecule has 154 valence electrons. The van der Waals surface area contributed by atoms with Crippen molar-refractivity contribution in [3.8, 4) is 11.3 Å². The zero-order valence-electron chi connectivity index (χ0n) is 16.8. The summed E-state index contributed by atoms with van der Waals surface area (Å²) in [5.41, 5.74) is 3.19. The monoisotopic (exact) mass is 423 g/mol. The Balaban J connectivity index is 1.44. The molecule has 1 N–H and O–H groups in total. The Hall–Kier alpha value is -3.06. The van der Waals surface area contributed by atoms with Crippen molar-refractivity contribution in [3.63, 3.8) is 0 Å². The SMILES string of the molecule is Cc1ccccc1[C@@H]1C[C@@H](C)N(C(=O)C(=O)Nc2nc(-c3ccccc3F)cs2)C1. The summed E-state index contributed by atoms with van der Waals surface area (Å²) >= 11 is 1.16. The number of aromatic nitrogens is 1. The van der Waals surface area contributed by atoms with Gasteiger partial charge in [-0.05, 0) is 43.5 Å². The molecule has 2 heterocycles. The van der Waals surface area contributed by atoms with Gasteiger partial charge < -0.3 is 4.90 Å². The van der Waals surface area contributed by atoms with E-state index in [-0.39, 0.29) is 22.9 Å². The predicted octanol–water partition coefficient (Wildman–Crippen LogP) is 4.60. The van der Waals surface area contributed by atoms with Crippen LogP contribution in [0.2, 0.25) is 0 Å². The normalized spacial score (nSPS) is 18.4. The van der Waals surface area contributed by atoms with Crippen molar-refractivity contribution in [2.24, 2.45) is 0 Å². The largest absolute Gasteiger partial charge is 0.331 e. The van der Waals surface area contributed by atoms with E-state index in [1.807, 2.05) is 19.1 Å². The lowest BCUT2D eigenvalue weighted by Crippen LogP contribution is -2.41. The molecular weight excluding hydrogens is 401 g/mol. The number of amides is 2. The number of benzene rings is 2. The Morgan fingerprint density at radius 2 is 1.90 bits per heavy atom. The molecule has 2 aromatic carbocycles. The number of anilines is 1. The van der Waals surface area contributed by atoms with Crippen molar-refractivity contribution < 1.29 is 14.0 Å². The quantitative estimate of drug-likeness (QED) is 0.626. The highest BCUT2D eigenvalue weighted by Crippen LogP contribution is 2.33. The molecule has 1 aromatic heterocycles. The molecule has 7 heteroatoms. The van der Waals surface area contributed by atoms with Gasteiger partial charge in [0.25, 0.3) is 0 Å². The van der Waals surface area contributed by atoms with E-state index in [1.54, 1.807) is 28.5 Å². The van der Waals surface area contributed by atoms with Crippen LogP contribution in [0.15, 0.2) is 53.9 Å². The summed E-state index contributed by atoms with van der Waals surface area (Å²) in [5.74, 6) is -1.46. The molecule has 0 unspecified atom stereocenters. The number of nitrogens with one attached hydrogen (secondary N) is 1.